The van der Waals surface area contributed by atoms with Gasteiger partial charge >= 0.3 is 0 Å². The first-order valence-corrected chi connectivity index (χ1v) is 11.0. The lowest BCUT2D eigenvalue weighted by atomic mass is 10.1. The van der Waals surface area contributed by atoms with Crippen LogP contribution in [0.15, 0.2) is 76.2 Å². The Labute approximate surface area is 180 Å². The molecule has 1 atom stereocenters. The van der Waals surface area contributed by atoms with E-state index in [9.17, 15) is 18.0 Å². The van der Waals surface area contributed by atoms with Gasteiger partial charge in [0.25, 0.3) is 5.91 Å². The summed E-state index contributed by atoms with van der Waals surface area (Å²) in [5, 5.41) is 5.57. The minimum absolute atomic E-state index is 0.0344. The predicted molar refractivity (Wildman–Crippen MR) is 116 cm³/mol. The Morgan fingerprint density at radius 1 is 1.03 bits per heavy atom. The molecule has 0 bridgehead atoms. The zero-order chi connectivity index (χ0) is 22.4. The highest BCUT2D eigenvalue weighted by Gasteiger charge is 2.17. The third-order valence-electron chi connectivity index (χ3n) is 4.50. The Bertz CT molecular complexity index is 1160. The number of carbonyl (C=O) groups is 2. The molecule has 3 N–H and O–H groups in total. The van der Waals surface area contributed by atoms with Crippen LogP contribution in [-0.4, -0.2) is 20.2 Å². The van der Waals surface area contributed by atoms with E-state index in [0.29, 0.717) is 17.0 Å². The lowest BCUT2D eigenvalue weighted by Crippen LogP contribution is -2.27. The van der Waals surface area contributed by atoms with Crippen LogP contribution in [0.25, 0.3) is 0 Å². The van der Waals surface area contributed by atoms with E-state index in [1.54, 1.807) is 30.3 Å². The van der Waals surface area contributed by atoms with Crippen LogP contribution in [0.2, 0.25) is 0 Å². The van der Waals surface area contributed by atoms with Gasteiger partial charge in [-0.2, -0.15) is 0 Å². The minimum atomic E-state index is -3.74. The second-order valence-corrected chi connectivity index (χ2v) is 8.70. The van der Waals surface area contributed by atoms with E-state index < -0.39 is 10.0 Å². The number of amides is 2. The fraction of sp³-hybridized carbons (Fsp3) is 0.182. The highest BCUT2D eigenvalue weighted by Crippen LogP contribution is 2.18. The molecular weight excluding hydrogens is 418 g/mol. The summed E-state index contributed by atoms with van der Waals surface area (Å²) < 4.78 is 32.4. The largest absolute Gasteiger partial charge is 0.468 e. The number of hydrogen-bond acceptors (Lipinski definition) is 5. The molecule has 3 aromatic rings. The summed E-state index contributed by atoms with van der Waals surface area (Å²) in [6, 6.07) is 15.9. The van der Waals surface area contributed by atoms with E-state index >= 15 is 0 Å². The number of hydrogen-bond donors (Lipinski definition) is 3. The van der Waals surface area contributed by atoms with Crippen molar-refractivity contribution >= 4 is 27.5 Å². The zero-order valence-electron chi connectivity index (χ0n) is 17.1. The van der Waals surface area contributed by atoms with Gasteiger partial charge in [-0.1, -0.05) is 12.1 Å². The summed E-state index contributed by atoms with van der Waals surface area (Å²) in [7, 11) is -3.74. The molecular formula is C22H23N3O5S. The van der Waals surface area contributed by atoms with Gasteiger partial charge in [-0.15, -0.1) is 0 Å². The van der Waals surface area contributed by atoms with Crippen molar-refractivity contribution in [2.24, 2.45) is 0 Å². The smallest absolute Gasteiger partial charge is 0.251 e. The van der Waals surface area contributed by atoms with Crippen LogP contribution < -0.4 is 15.4 Å². The van der Waals surface area contributed by atoms with Gasteiger partial charge in [0.15, 0.2) is 0 Å². The number of sulfonamides is 1. The predicted octanol–water partition coefficient (Wildman–Crippen LogP) is 3.21. The standard InChI is InChI=1S/C22H23N3O5S/c1-15(18-5-3-6-19(13-18)25-16(2)26)24-22(27)17-8-10-21(11-9-17)31(28,29)23-14-20-7-4-12-30-20/h3-13,15,23H,14H2,1-2H3,(H,24,27)(H,25,26). The second kappa shape index (κ2) is 9.59. The Balaban J connectivity index is 1.64. The molecule has 162 valence electrons. The van der Waals surface area contributed by atoms with Gasteiger partial charge in [0.1, 0.15) is 5.76 Å². The van der Waals surface area contributed by atoms with Crippen LogP contribution in [0, 0.1) is 0 Å². The molecule has 2 aromatic carbocycles. The Kier molecular flexibility index (Phi) is 6.88. The molecule has 1 unspecified atom stereocenters. The van der Waals surface area contributed by atoms with Crippen molar-refractivity contribution in [2.45, 2.75) is 31.3 Å². The molecule has 9 heteroatoms. The molecule has 0 spiro atoms. The van der Waals surface area contributed by atoms with E-state index in [0.717, 1.165) is 5.56 Å². The number of anilines is 1. The number of rotatable bonds is 8. The van der Waals surface area contributed by atoms with Crippen LogP contribution in [0.1, 0.15) is 41.6 Å². The number of nitrogens with one attached hydrogen (secondary N) is 3. The first-order valence-electron chi connectivity index (χ1n) is 9.55. The average Bonchev–Trinajstić information content (AvgIpc) is 3.26. The molecule has 0 aliphatic rings. The molecule has 31 heavy (non-hydrogen) atoms. The lowest BCUT2D eigenvalue weighted by molar-refractivity contribution is -0.114. The van der Waals surface area contributed by atoms with Gasteiger partial charge < -0.3 is 15.1 Å². The van der Waals surface area contributed by atoms with Crippen LogP contribution in [-0.2, 0) is 21.4 Å². The maximum Gasteiger partial charge on any atom is 0.251 e. The van der Waals surface area contributed by atoms with Crippen LogP contribution in [0.5, 0.6) is 0 Å². The average molecular weight is 442 g/mol. The van der Waals surface area contributed by atoms with Gasteiger partial charge in [0.05, 0.1) is 23.7 Å². The number of carbonyl (C=O) groups excluding carboxylic acids is 2. The van der Waals surface area contributed by atoms with Crippen molar-refractivity contribution in [1.29, 1.82) is 0 Å². The van der Waals surface area contributed by atoms with Crippen LogP contribution >= 0.6 is 0 Å². The SMILES string of the molecule is CC(=O)Nc1cccc(C(C)NC(=O)c2ccc(S(=O)(=O)NCc3ccco3)cc2)c1. The van der Waals surface area contributed by atoms with E-state index in [2.05, 4.69) is 15.4 Å². The van der Waals surface area contributed by atoms with E-state index in [1.165, 1.54) is 37.5 Å². The Morgan fingerprint density at radius 3 is 2.42 bits per heavy atom. The maximum atomic E-state index is 12.6. The summed E-state index contributed by atoms with van der Waals surface area (Å²) in [5.41, 5.74) is 1.79. The van der Waals surface area contributed by atoms with Gasteiger partial charge in [-0.3, -0.25) is 9.59 Å². The quantitative estimate of drug-likeness (QED) is 0.496. The van der Waals surface area contributed by atoms with E-state index in [4.69, 9.17) is 4.42 Å². The lowest BCUT2D eigenvalue weighted by Gasteiger charge is -2.16. The molecule has 1 aromatic heterocycles. The van der Waals surface area contributed by atoms with Crippen molar-refractivity contribution in [2.75, 3.05) is 5.32 Å². The van der Waals surface area contributed by atoms with Gasteiger partial charge in [0.2, 0.25) is 15.9 Å². The monoisotopic (exact) mass is 441 g/mol. The molecule has 0 aliphatic heterocycles. The Morgan fingerprint density at radius 2 is 1.77 bits per heavy atom. The van der Waals surface area contributed by atoms with Crippen molar-refractivity contribution in [1.82, 2.24) is 10.0 Å². The van der Waals surface area contributed by atoms with Gasteiger partial charge in [-0.25, -0.2) is 13.1 Å². The fourth-order valence-electron chi connectivity index (χ4n) is 2.90. The molecule has 2 amide bonds. The fourth-order valence-corrected chi connectivity index (χ4v) is 3.89. The van der Waals surface area contributed by atoms with E-state index in [-0.39, 0.29) is 29.3 Å². The number of benzene rings is 2. The zero-order valence-corrected chi connectivity index (χ0v) is 17.9. The summed E-state index contributed by atoms with van der Waals surface area (Å²) in [6.45, 7) is 3.28. The first-order chi connectivity index (χ1) is 14.7. The Hall–Kier alpha value is -3.43. The summed E-state index contributed by atoms with van der Waals surface area (Å²) in [4.78, 5) is 23.8. The van der Waals surface area contributed by atoms with Crippen molar-refractivity contribution in [3.8, 4) is 0 Å². The molecule has 0 radical (unpaired) electrons. The molecule has 0 fully saturated rings. The van der Waals surface area contributed by atoms with Crippen molar-refractivity contribution < 1.29 is 22.4 Å². The van der Waals surface area contributed by atoms with Gasteiger partial charge in [0, 0.05) is 18.2 Å². The number of furan rings is 1. The molecule has 8 nitrogen and oxygen atoms in total. The molecule has 0 aliphatic carbocycles. The first kappa shape index (κ1) is 22.3. The van der Waals surface area contributed by atoms with Crippen LogP contribution in [0.3, 0.4) is 0 Å². The highest BCUT2D eigenvalue weighted by atomic mass is 32.2. The van der Waals surface area contributed by atoms with Crippen molar-refractivity contribution in [3.05, 3.63) is 83.8 Å². The normalized spacial score (nSPS) is 12.2. The molecule has 1 heterocycles. The van der Waals surface area contributed by atoms with Crippen LogP contribution in [0.4, 0.5) is 5.69 Å². The van der Waals surface area contributed by atoms with Crippen molar-refractivity contribution in [3.63, 3.8) is 0 Å². The van der Waals surface area contributed by atoms with E-state index in [1.807, 2.05) is 13.0 Å². The molecule has 0 saturated heterocycles. The second-order valence-electron chi connectivity index (χ2n) is 6.93. The third kappa shape index (κ3) is 6.03. The minimum Gasteiger partial charge on any atom is -0.468 e. The topological polar surface area (TPSA) is 118 Å². The third-order valence-corrected chi connectivity index (χ3v) is 5.92. The highest BCUT2D eigenvalue weighted by molar-refractivity contribution is 7.89. The summed E-state index contributed by atoms with van der Waals surface area (Å²) in [6.07, 6.45) is 1.47. The van der Waals surface area contributed by atoms with Gasteiger partial charge in [-0.05, 0) is 61.0 Å². The summed E-state index contributed by atoms with van der Waals surface area (Å²) >= 11 is 0. The maximum absolute atomic E-state index is 12.6. The summed E-state index contributed by atoms with van der Waals surface area (Å²) in [5.74, 6) is -0.0245. The molecule has 0 saturated carbocycles. The molecule has 3 rings (SSSR count).